The summed E-state index contributed by atoms with van der Waals surface area (Å²) >= 11 is 0. The van der Waals surface area contributed by atoms with Crippen molar-refractivity contribution in [2.75, 3.05) is 35.7 Å². The first kappa shape index (κ1) is 18.2. The maximum absolute atomic E-state index is 12.7. The van der Waals surface area contributed by atoms with Gasteiger partial charge in [-0.3, -0.25) is 14.4 Å². The van der Waals surface area contributed by atoms with E-state index in [1.165, 1.54) is 0 Å². The summed E-state index contributed by atoms with van der Waals surface area (Å²) in [6, 6.07) is 11.9. The van der Waals surface area contributed by atoms with Gasteiger partial charge in [-0.1, -0.05) is 18.2 Å². The Morgan fingerprint density at radius 2 is 2.00 bits per heavy atom. The molecule has 0 aliphatic carbocycles. The van der Waals surface area contributed by atoms with Gasteiger partial charge in [-0.25, -0.2) is 0 Å². The number of carbonyl (C=O) groups excluding carboxylic acids is 3. The number of nitrogens with one attached hydrogen (secondary N) is 3. The van der Waals surface area contributed by atoms with Crippen molar-refractivity contribution in [3.8, 4) is 0 Å². The number of anilines is 3. The van der Waals surface area contributed by atoms with Gasteiger partial charge in [-0.2, -0.15) is 0 Å². The highest BCUT2D eigenvalue weighted by molar-refractivity contribution is 6.10. The van der Waals surface area contributed by atoms with Gasteiger partial charge >= 0.3 is 0 Å². The predicted molar refractivity (Wildman–Crippen MR) is 105 cm³/mol. The summed E-state index contributed by atoms with van der Waals surface area (Å²) in [5.41, 5.74) is 2.57. The third kappa shape index (κ3) is 3.98. The molecule has 0 atom stereocenters. The first-order valence-electron chi connectivity index (χ1n) is 8.44. The number of amides is 3. The summed E-state index contributed by atoms with van der Waals surface area (Å²) in [4.78, 5) is 38.4. The second-order valence-corrected chi connectivity index (χ2v) is 6.13. The van der Waals surface area contributed by atoms with Gasteiger partial charge in [0.15, 0.2) is 0 Å². The molecule has 7 heteroatoms. The largest absolute Gasteiger partial charge is 0.364 e. The van der Waals surface area contributed by atoms with Crippen LogP contribution in [-0.4, -0.2) is 37.9 Å². The molecule has 3 amide bonds. The van der Waals surface area contributed by atoms with Crippen LogP contribution < -0.4 is 20.9 Å². The van der Waals surface area contributed by atoms with E-state index >= 15 is 0 Å². The molecule has 138 valence electrons. The number of benzene rings is 2. The molecule has 0 unspecified atom stereocenters. The predicted octanol–water partition coefficient (Wildman–Crippen LogP) is 2.24. The molecule has 2 aromatic rings. The van der Waals surface area contributed by atoms with E-state index in [2.05, 4.69) is 22.5 Å². The van der Waals surface area contributed by atoms with Crippen molar-refractivity contribution in [3.63, 3.8) is 0 Å². The summed E-state index contributed by atoms with van der Waals surface area (Å²) in [5, 5.41) is 8.22. The molecule has 27 heavy (non-hydrogen) atoms. The van der Waals surface area contributed by atoms with Gasteiger partial charge in [-0.15, -0.1) is 6.58 Å². The Labute approximate surface area is 157 Å². The lowest BCUT2D eigenvalue weighted by molar-refractivity contribution is -0.115. The molecule has 0 aromatic heterocycles. The third-order valence-electron chi connectivity index (χ3n) is 4.15. The molecule has 3 rings (SSSR count). The fraction of sp³-hybridized carbons (Fsp3) is 0.150. The lowest BCUT2D eigenvalue weighted by Crippen LogP contribution is -2.35. The monoisotopic (exact) mass is 364 g/mol. The quantitative estimate of drug-likeness (QED) is 0.710. The van der Waals surface area contributed by atoms with E-state index in [0.29, 0.717) is 29.0 Å². The highest BCUT2D eigenvalue weighted by Crippen LogP contribution is 2.29. The molecule has 0 spiro atoms. The minimum absolute atomic E-state index is 0.133. The van der Waals surface area contributed by atoms with Crippen LogP contribution in [0.5, 0.6) is 0 Å². The van der Waals surface area contributed by atoms with Gasteiger partial charge in [0.25, 0.3) is 11.8 Å². The van der Waals surface area contributed by atoms with Crippen molar-refractivity contribution in [1.82, 2.24) is 5.32 Å². The van der Waals surface area contributed by atoms with Crippen molar-refractivity contribution in [3.05, 3.63) is 66.2 Å². The molecule has 1 heterocycles. The van der Waals surface area contributed by atoms with E-state index in [0.717, 1.165) is 5.69 Å². The molecule has 1 aliphatic heterocycles. The molecule has 2 aromatic carbocycles. The second kappa shape index (κ2) is 7.74. The van der Waals surface area contributed by atoms with Crippen LogP contribution in [0.1, 0.15) is 20.7 Å². The van der Waals surface area contributed by atoms with Gasteiger partial charge in [0.1, 0.15) is 0 Å². The van der Waals surface area contributed by atoms with E-state index in [4.69, 9.17) is 0 Å². The fourth-order valence-corrected chi connectivity index (χ4v) is 2.85. The number of hydrogen-bond acceptors (Lipinski definition) is 4. The zero-order valence-corrected chi connectivity index (χ0v) is 14.9. The number of rotatable bonds is 5. The molecular weight excluding hydrogens is 344 g/mol. The van der Waals surface area contributed by atoms with Gasteiger partial charge in [0, 0.05) is 19.2 Å². The van der Waals surface area contributed by atoms with E-state index in [-0.39, 0.29) is 24.3 Å². The van der Waals surface area contributed by atoms with Crippen LogP contribution in [0.3, 0.4) is 0 Å². The summed E-state index contributed by atoms with van der Waals surface area (Å²) in [7, 11) is 1.81. The smallest absolute Gasteiger partial charge is 0.255 e. The van der Waals surface area contributed by atoms with Crippen LogP contribution in [0.25, 0.3) is 0 Å². The van der Waals surface area contributed by atoms with Crippen molar-refractivity contribution in [2.45, 2.75) is 0 Å². The van der Waals surface area contributed by atoms with Crippen molar-refractivity contribution in [1.29, 1.82) is 0 Å². The summed E-state index contributed by atoms with van der Waals surface area (Å²) < 4.78 is 0. The summed E-state index contributed by atoms with van der Waals surface area (Å²) in [6.45, 7) is 4.17. The van der Waals surface area contributed by atoms with Crippen LogP contribution >= 0.6 is 0 Å². The fourth-order valence-electron chi connectivity index (χ4n) is 2.85. The SMILES string of the molecule is C=CCNC(=O)c1ccccc1NC(=O)c1ccc2c(c1)NC(=O)CN2C. The van der Waals surface area contributed by atoms with Gasteiger partial charge in [-0.05, 0) is 30.3 Å². The number of fused-ring (bicyclic) bond motifs is 1. The van der Waals surface area contributed by atoms with Crippen molar-refractivity contribution in [2.24, 2.45) is 0 Å². The highest BCUT2D eigenvalue weighted by atomic mass is 16.2. The number of carbonyl (C=O) groups is 3. The lowest BCUT2D eigenvalue weighted by atomic mass is 10.1. The highest BCUT2D eigenvalue weighted by Gasteiger charge is 2.21. The Morgan fingerprint density at radius 3 is 2.78 bits per heavy atom. The zero-order valence-electron chi connectivity index (χ0n) is 14.9. The Morgan fingerprint density at radius 1 is 1.22 bits per heavy atom. The van der Waals surface area contributed by atoms with Crippen LogP contribution in [-0.2, 0) is 4.79 Å². The zero-order chi connectivity index (χ0) is 19.4. The lowest BCUT2D eigenvalue weighted by Gasteiger charge is -2.27. The molecule has 7 nitrogen and oxygen atoms in total. The molecule has 0 radical (unpaired) electrons. The number of hydrogen-bond donors (Lipinski definition) is 3. The number of para-hydroxylation sites is 1. The van der Waals surface area contributed by atoms with Crippen LogP contribution in [0, 0.1) is 0 Å². The van der Waals surface area contributed by atoms with Crippen molar-refractivity contribution >= 4 is 34.8 Å². The first-order chi connectivity index (χ1) is 13.0. The van der Waals surface area contributed by atoms with Gasteiger partial charge < -0.3 is 20.9 Å². The van der Waals surface area contributed by atoms with Crippen LogP contribution in [0.4, 0.5) is 17.1 Å². The van der Waals surface area contributed by atoms with E-state index < -0.39 is 0 Å². The number of likely N-dealkylation sites (N-methyl/N-ethyl adjacent to an activating group) is 1. The van der Waals surface area contributed by atoms with Crippen LogP contribution in [0.2, 0.25) is 0 Å². The standard InChI is InChI=1S/C20H20N4O3/c1-3-10-21-20(27)14-6-4-5-7-15(14)23-19(26)13-8-9-17-16(11-13)22-18(25)12-24(17)2/h3-9,11H,1,10,12H2,2H3,(H,21,27)(H,22,25)(H,23,26). The Kier molecular flexibility index (Phi) is 5.21. The second-order valence-electron chi connectivity index (χ2n) is 6.13. The Hall–Kier alpha value is -3.61. The summed E-state index contributed by atoms with van der Waals surface area (Å²) in [6.07, 6.45) is 1.58. The maximum Gasteiger partial charge on any atom is 0.255 e. The summed E-state index contributed by atoms with van der Waals surface area (Å²) in [5.74, 6) is -0.804. The molecule has 0 bridgehead atoms. The first-order valence-corrected chi connectivity index (χ1v) is 8.44. The molecule has 0 fully saturated rings. The molecule has 0 saturated carbocycles. The average Bonchev–Trinajstić information content (AvgIpc) is 2.65. The van der Waals surface area contributed by atoms with E-state index in [9.17, 15) is 14.4 Å². The van der Waals surface area contributed by atoms with Crippen LogP contribution in [0.15, 0.2) is 55.1 Å². The van der Waals surface area contributed by atoms with E-state index in [1.54, 1.807) is 48.5 Å². The minimum atomic E-state index is -0.371. The Balaban J connectivity index is 1.82. The minimum Gasteiger partial charge on any atom is -0.364 e. The van der Waals surface area contributed by atoms with E-state index in [1.807, 2.05) is 11.9 Å². The topological polar surface area (TPSA) is 90.5 Å². The maximum atomic E-state index is 12.7. The Bertz CT molecular complexity index is 923. The molecule has 0 saturated heterocycles. The molecule has 3 N–H and O–H groups in total. The van der Waals surface area contributed by atoms with Gasteiger partial charge in [0.05, 0.1) is 29.2 Å². The van der Waals surface area contributed by atoms with Crippen molar-refractivity contribution < 1.29 is 14.4 Å². The molecular formula is C20H20N4O3. The van der Waals surface area contributed by atoms with Gasteiger partial charge in [0.2, 0.25) is 5.91 Å². The third-order valence-corrected chi connectivity index (χ3v) is 4.15. The normalized spacial score (nSPS) is 12.6. The number of nitrogens with zero attached hydrogens (tertiary/aromatic N) is 1. The molecule has 1 aliphatic rings. The average molecular weight is 364 g/mol.